The zero-order valence-corrected chi connectivity index (χ0v) is 19.4. The topological polar surface area (TPSA) is 18.5 Å². The lowest BCUT2D eigenvalue weighted by Gasteiger charge is -2.68. The molecule has 0 aromatic heterocycles. The second kappa shape index (κ2) is 6.17. The number of fused-ring (bicyclic) bond motifs is 6. The molecule has 2 nitrogen and oxygen atoms in total. The van der Waals surface area contributed by atoms with Gasteiger partial charge in [0.25, 0.3) is 0 Å². The summed E-state index contributed by atoms with van der Waals surface area (Å²) in [5, 5.41) is 0. The molecule has 1 aliphatic heterocycles. The average molecular weight is 397 g/mol. The fourth-order valence-corrected chi connectivity index (χ4v) is 9.05. The summed E-state index contributed by atoms with van der Waals surface area (Å²) in [5.41, 5.74) is 2.68. The van der Waals surface area contributed by atoms with Gasteiger partial charge in [0.2, 0.25) is 0 Å². The molecule has 3 fully saturated rings. The number of rotatable bonds is 1. The van der Waals surface area contributed by atoms with Crippen LogP contribution in [-0.4, -0.2) is 12.7 Å². The minimum Gasteiger partial charge on any atom is -0.497 e. The summed E-state index contributed by atoms with van der Waals surface area (Å²) in [6, 6.07) is 6.40. The van der Waals surface area contributed by atoms with E-state index in [9.17, 15) is 0 Å². The lowest BCUT2D eigenvalue weighted by Crippen LogP contribution is -2.64. The Morgan fingerprint density at radius 2 is 1.59 bits per heavy atom. The molecule has 0 spiro atoms. The lowest BCUT2D eigenvalue weighted by molar-refractivity contribution is -0.207. The van der Waals surface area contributed by atoms with E-state index in [1.807, 2.05) is 6.07 Å². The van der Waals surface area contributed by atoms with Gasteiger partial charge in [-0.3, -0.25) is 0 Å². The summed E-state index contributed by atoms with van der Waals surface area (Å²) < 4.78 is 12.3. The number of ether oxygens (including phenoxy) is 2. The Balaban J connectivity index is 1.54. The molecular weight excluding hydrogens is 356 g/mol. The Labute approximate surface area is 177 Å². The van der Waals surface area contributed by atoms with Crippen molar-refractivity contribution in [2.75, 3.05) is 7.11 Å². The van der Waals surface area contributed by atoms with E-state index in [1.165, 1.54) is 50.5 Å². The first-order valence-corrected chi connectivity index (χ1v) is 12.0. The second-order valence-electron chi connectivity index (χ2n) is 12.2. The van der Waals surface area contributed by atoms with Crippen molar-refractivity contribution in [3.63, 3.8) is 0 Å². The van der Waals surface area contributed by atoms with Crippen LogP contribution in [0.15, 0.2) is 18.2 Å². The molecule has 0 bridgehead atoms. The molecule has 2 heteroatoms. The van der Waals surface area contributed by atoms with Gasteiger partial charge in [-0.05, 0) is 104 Å². The molecule has 0 unspecified atom stereocenters. The molecule has 160 valence electrons. The highest BCUT2D eigenvalue weighted by molar-refractivity contribution is 5.43. The third-order valence-electron chi connectivity index (χ3n) is 10.3. The molecule has 0 saturated heterocycles. The largest absolute Gasteiger partial charge is 0.497 e. The highest BCUT2D eigenvalue weighted by atomic mass is 16.5. The number of benzene rings is 1. The van der Waals surface area contributed by atoms with Gasteiger partial charge in [0.1, 0.15) is 17.1 Å². The van der Waals surface area contributed by atoms with E-state index in [4.69, 9.17) is 9.47 Å². The summed E-state index contributed by atoms with van der Waals surface area (Å²) in [7, 11) is 1.76. The second-order valence-corrected chi connectivity index (χ2v) is 12.2. The molecule has 3 aliphatic carbocycles. The highest BCUT2D eigenvalue weighted by Crippen LogP contribution is 2.70. The van der Waals surface area contributed by atoms with E-state index in [0.717, 1.165) is 29.8 Å². The van der Waals surface area contributed by atoms with Gasteiger partial charge in [0.05, 0.1) is 7.11 Å². The Morgan fingerprint density at radius 1 is 0.862 bits per heavy atom. The van der Waals surface area contributed by atoms with E-state index in [0.29, 0.717) is 22.2 Å². The minimum atomic E-state index is -0.0276. The smallest absolute Gasteiger partial charge is 0.123 e. The maximum atomic E-state index is 6.79. The average Bonchev–Trinajstić information content (AvgIpc) is 2.65. The SMILES string of the molecule is COc1ccc2c(c1)C[C@H]1[C@]3(C)CC[C@H]4C(C)(C)CCC[C@]4(C)[C@H]3CC[C@]1(C)O2. The molecule has 1 aromatic carbocycles. The van der Waals surface area contributed by atoms with Gasteiger partial charge in [-0.2, -0.15) is 0 Å². The fourth-order valence-electron chi connectivity index (χ4n) is 9.05. The first-order valence-electron chi connectivity index (χ1n) is 12.0. The number of hydrogen-bond donors (Lipinski definition) is 0. The zero-order valence-electron chi connectivity index (χ0n) is 19.4. The lowest BCUT2D eigenvalue weighted by atomic mass is 9.38. The van der Waals surface area contributed by atoms with Gasteiger partial charge < -0.3 is 9.47 Å². The molecule has 1 aromatic rings. The third-order valence-corrected chi connectivity index (χ3v) is 10.3. The molecule has 0 N–H and O–H groups in total. The Hall–Kier alpha value is -1.18. The third kappa shape index (κ3) is 2.66. The molecule has 0 amide bonds. The quantitative estimate of drug-likeness (QED) is 0.506. The van der Waals surface area contributed by atoms with Crippen LogP contribution in [0.4, 0.5) is 0 Å². The summed E-state index contributed by atoms with van der Waals surface area (Å²) in [6.45, 7) is 12.8. The van der Waals surface area contributed by atoms with Gasteiger partial charge in [0.15, 0.2) is 0 Å². The number of methoxy groups -OCH3 is 1. The fraction of sp³-hybridized carbons (Fsp3) is 0.778. The first-order chi connectivity index (χ1) is 13.6. The molecule has 29 heavy (non-hydrogen) atoms. The van der Waals surface area contributed by atoms with Crippen molar-refractivity contribution in [2.45, 2.75) is 91.6 Å². The molecule has 4 aliphatic rings. The summed E-state index contributed by atoms with van der Waals surface area (Å²) in [6.07, 6.45) is 10.7. The Kier molecular flexibility index (Phi) is 4.21. The summed E-state index contributed by atoms with van der Waals surface area (Å²) >= 11 is 0. The molecule has 3 saturated carbocycles. The van der Waals surface area contributed by atoms with E-state index < -0.39 is 0 Å². The normalized spacial score (nSPS) is 45.1. The molecule has 0 radical (unpaired) electrons. The van der Waals surface area contributed by atoms with Crippen molar-refractivity contribution < 1.29 is 9.47 Å². The van der Waals surface area contributed by atoms with Crippen LogP contribution in [0.1, 0.15) is 85.1 Å². The van der Waals surface area contributed by atoms with Crippen LogP contribution in [-0.2, 0) is 6.42 Å². The van der Waals surface area contributed by atoms with Gasteiger partial charge in [0, 0.05) is 5.92 Å². The van der Waals surface area contributed by atoms with Crippen molar-refractivity contribution in [3.8, 4) is 11.5 Å². The Bertz CT molecular complexity index is 813. The van der Waals surface area contributed by atoms with Crippen molar-refractivity contribution in [2.24, 2.45) is 34.0 Å². The Morgan fingerprint density at radius 3 is 2.34 bits per heavy atom. The minimum absolute atomic E-state index is 0.0276. The van der Waals surface area contributed by atoms with Crippen molar-refractivity contribution in [3.05, 3.63) is 23.8 Å². The van der Waals surface area contributed by atoms with Gasteiger partial charge in [-0.25, -0.2) is 0 Å². The van der Waals surface area contributed by atoms with E-state index in [-0.39, 0.29) is 5.60 Å². The van der Waals surface area contributed by atoms with E-state index in [2.05, 4.69) is 46.8 Å². The van der Waals surface area contributed by atoms with Crippen LogP contribution in [0, 0.1) is 34.0 Å². The number of hydrogen-bond acceptors (Lipinski definition) is 2. The van der Waals surface area contributed by atoms with Crippen molar-refractivity contribution in [1.82, 2.24) is 0 Å². The van der Waals surface area contributed by atoms with Gasteiger partial charge in [-0.1, -0.05) is 34.1 Å². The zero-order chi connectivity index (χ0) is 20.7. The van der Waals surface area contributed by atoms with Crippen LogP contribution >= 0.6 is 0 Å². The summed E-state index contributed by atoms with van der Waals surface area (Å²) in [4.78, 5) is 0. The standard InChI is InChI=1S/C27H40O2/c1-24(2)12-7-13-25(3)21(24)10-14-26(4)22(25)11-15-27(5)23(26)17-18-16-19(28-6)8-9-20(18)29-27/h8-9,16,21-23H,7,10-15,17H2,1-6H3/t21-,22+,23-,25-,26+,27-/m0/s1. The van der Waals surface area contributed by atoms with Crippen LogP contribution in [0.3, 0.4) is 0 Å². The predicted molar refractivity (Wildman–Crippen MR) is 119 cm³/mol. The molecule has 6 atom stereocenters. The monoisotopic (exact) mass is 396 g/mol. The predicted octanol–water partition coefficient (Wildman–Crippen LogP) is 7.05. The van der Waals surface area contributed by atoms with Crippen molar-refractivity contribution >= 4 is 0 Å². The molecule has 1 heterocycles. The molecular formula is C27H40O2. The van der Waals surface area contributed by atoms with Gasteiger partial charge >= 0.3 is 0 Å². The molecule has 5 rings (SSSR count). The van der Waals surface area contributed by atoms with Crippen LogP contribution in [0.25, 0.3) is 0 Å². The first kappa shape index (κ1) is 19.8. The van der Waals surface area contributed by atoms with Crippen molar-refractivity contribution in [1.29, 1.82) is 0 Å². The maximum absolute atomic E-state index is 6.79. The summed E-state index contributed by atoms with van der Waals surface area (Å²) in [5.74, 6) is 4.34. The highest BCUT2D eigenvalue weighted by Gasteiger charge is 2.65. The van der Waals surface area contributed by atoms with Crippen LogP contribution < -0.4 is 9.47 Å². The van der Waals surface area contributed by atoms with E-state index in [1.54, 1.807) is 7.11 Å². The van der Waals surface area contributed by atoms with Crippen LogP contribution in [0.2, 0.25) is 0 Å². The maximum Gasteiger partial charge on any atom is 0.123 e. The van der Waals surface area contributed by atoms with Gasteiger partial charge in [-0.15, -0.1) is 0 Å². The van der Waals surface area contributed by atoms with E-state index >= 15 is 0 Å². The van der Waals surface area contributed by atoms with Crippen LogP contribution in [0.5, 0.6) is 11.5 Å².